The van der Waals surface area contributed by atoms with Crippen molar-refractivity contribution in [3.63, 3.8) is 0 Å². The highest BCUT2D eigenvalue weighted by molar-refractivity contribution is 6.39. The van der Waals surface area contributed by atoms with E-state index in [4.69, 9.17) is 32.7 Å². The number of ether oxygens (including phenoxy) is 2. The zero-order valence-electron chi connectivity index (χ0n) is 18.4. The molecule has 3 aromatic carbocycles. The summed E-state index contributed by atoms with van der Waals surface area (Å²) < 4.78 is 53.5. The zero-order chi connectivity index (χ0) is 26.0. The molecular weight excluding hydrogens is 522 g/mol. The van der Waals surface area contributed by atoms with Gasteiger partial charge in [-0.3, -0.25) is 4.79 Å². The van der Waals surface area contributed by atoms with Crippen molar-refractivity contribution in [1.29, 1.82) is 0 Å². The molecule has 1 aliphatic heterocycles. The first kappa shape index (κ1) is 25.7. The van der Waals surface area contributed by atoms with Crippen LogP contribution in [0.25, 0.3) is 11.1 Å². The van der Waals surface area contributed by atoms with E-state index in [9.17, 15) is 27.9 Å². The molecule has 1 heterocycles. The van der Waals surface area contributed by atoms with Gasteiger partial charge in [-0.25, -0.2) is 18.0 Å². The number of carboxylic acid groups (broad SMARTS) is 1. The topological polar surface area (TPSA) is 84.9 Å². The van der Waals surface area contributed by atoms with Gasteiger partial charge in [0.2, 0.25) is 0 Å². The number of halogens is 5. The van der Waals surface area contributed by atoms with Crippen molar-refractivity contribution in [3.05, 3.63) is 81.1 Å². The number of rotatable bonds is 6. The molecule has 0 saturated carbocycles. The molecule has 0 unspecified atom stereocenters. The molecule has 6 nitrogen and oxygen atoms in total. The monoisotopic (exact) mass is 539 g/mol. The smallest absolute Gasteiger partial charge is 0.326 e. The van der Waals surface area contributed by atoms with E-state index in [-0.39, 0.29) is 41.2 Å². The van der Waals surface area contributed by atoms with Gasteiger partial charge in [0.25, 0.3) is 5.91 Å². The summed E-state index contributed by atoms with van der Waals surface area (Å²) in [6, 6.07) is 6.60. The molecule has 0 fully saturated rings. The van der Waals surface area contributed by atoms with E-state index in [0.717, 1.165) is 30.3 Å². The summed E-state index contributed by atoms with van der Waals surface area (Å²) in [7, 11) is 0. The van der Waals surface area contributed by atoms with Crippen molar-refractivity contribution in [2.75, 3.05) is 13.2 Å². The summed E-state index contributed by atoms with van der Waals surface area (Å²) in [4.78, 5) is 24.4. The molecule has 1 aliphatic rings. The third-order valence-electron chi connectivity index (χ3n) is 5.47. The van der Waals surface area contributed by atoms with Gasteiger partial charge in [-0.05, 0) is 30.3 Å². The van der Waals surface area contributed by atoms with E-state index >= 15 is 0 Å². The fourth-order valence-corrected chi connectivity index (χ4v) is 4.50. The van der Waals surface area contributed by atoms with E-state index in [1.165, 1.54) is 6.07 Å². The summed E-state index contributed by atoms with van der Waals surface area (Å²) in [5.41, 5.74) is 0.144. The Balaban J connectivity index is 1.72. The van der Waals surface area contributed by atoms with E-state index in [1.807, 2.05) is 0 Å². The van der Waals surface area contributed by atoms with Crippen LogP contribution in [-0.2, 0) is 11.2 Å². The van der Waals surface area contributed by atoms with Gasteiger partial charge in [0, 0.05) is 29.5 Å². The average molecular weight is 540 g/mol. The molecule has 36 heavy (non-hydrogen) atoms. The van der Waals surface area contributed by atoms with Gasteiger partial charge in [0.1, 0.15) is 29.1 Å². The van der Waals surface area contributed by atoms with Crippen molar-refractivity contribution in [1.82, 2.24) is 5.32 Å². The number of carboxylic acids is 1. The Kier molecular flexibility index (Phi) is 7.61. The summed E-state index contributed by atoms with van der Waals surface area (Å²) in [5.74, 6) is -5.12. The highest BCUT2D eigenvalue weighted by Crippen LogP contribution is 2.47. The first-order valence-electron chi connectivity index (χ1n) is 10.7. The van der Waals surface area contributed by atoms with Gasteiger partial charge in [-0.15, -0.1) is 0 Å². The Morgan fingerprint density at radius 3 is 2.19 bits per heavy atom. The fourth-order valence-electron chi connectivity index (χ4n) is 3.83. The van der Waals surface area contributed by atoms with Crippen LogP contribution in [0, 0.1) is 17.5 Å². The summed E-state index contributed by atoms with van der Waals surface area (Å²) in [5, 5.41) is 11.9. The molecule has 0 radical (unpaired) electrons. The lowest BCUT2D eigenvalue weighted by Gasteiger charge is -2.20. The Bertz CT molecular complexity index is 1310. The van der Waals surface area contributed by atoms with E-state index in [1.54, 1.807) is 6.07 Å². The Morgan fingerprint density at radius 2 is 1.58 bits per heavy atom. The number of hydrogen-bond acceptors (Lipinski definition) is 4. The predicted octanol–water partition coefficient (Wildman–Crippen LogP) is 5.66. The number of amides is 1. The van der Waals surface area contributed by atoms with Crippen molar-refractivity contribution >= 4 is 35.1 Å². The predicted molar refractivity (Wildman–Crippen MR) is 126 cm³/mol. The fraction of sp³-hybridized carbons (Fsp3) is 0.200. The van der Waals surface area contributed by atoms with Crippen molar-refractivity contribution in [2.24, 2.45) is 0 Å². The van der Waals surface area contributed by atoms with Crippen LogP contribution in [0.5, 0.6) is 11.5 Å². The van der Waals surface area contributed by atoms with Crippen LogP contribution in [0.3, 0.4) is 0 Å². The number of hydrogen-bond donors (Lipinski definition) is 2. The van der Waals surface area contributed by atoms with Gasteiger partial charge < -0.3 is 19.9 Å². The lowest BCUT2D eigenvalue weighted by molar-refractivity contribution is -0.139. The first-order valence-corrected chi connectivity index (χ1v) is 11.5. The van der Waals surface area contributed by atoms with Crippen LogP contribution in [-0.4, -0.2) is 36.2 Å². The molecule has 1 amide bonds. The van der Waals surface area contributed by atoms with Crippen LogP contribution >= 0.6 is 23.2 Å². The van der Waals surface area contributed by atoms with Crippen molar-refractivity contribution in [2.45, 2.75) is 18.9 Å². The third-order valence-corrected chi connectivity index (χ3v) is 6.06. The van der Waals surface area contributed by atoms with Gasteiger partial charge >= 0.3 is 5.97 Å². The molecular formula is C25H18Cl2F3NO5. The van der Waals surface area contributed by atoms with Crippen LogP contribution < -0.4 is 14.8 Å². The van der Waals surface area contributed by atoms with Gasteiger partial charge in [-0.1, -0.05) is 35.3 Å². The Labute approximate surface area is 213 Å². The maximum absolute atomic E-state index is 14.0. The SMILES string of the molecule is O=C(N[C@@H](Cc1ccc(-c2c(Cl)cc(F)cc2Cl)c2c1OCCCO2)C(=O)O)c1c(F)cccc1F. The number of carbonyl (C=O) groups excluding carboxylic acids is 1. The molecule has 0 aromatic heterocycles. The standard InChI is InChI=1S/C25H18Cl2F3NO5/c26-15-10-13(28)11-16(27)20(15)14-6-5-12(22-23(14)36-8-2-7-35-22)9-19(25(33)34)31-24(32)21-17(29)3-1-4-18(21)30/h1,3-6,10-11,19H,2,7-9H2,(H,31,32)(H,33,34)/t19-/m0/s1. The lowest BCUT2D eigenvalue weighted by Crippen LogP contribution is -2.43. The van der Waals surface area contributed by atoms with Crippen LogP contribution in [0.1, 0.15) is 22.3 Å². The van der Waals surface area contributed by atoms with E-state index in [0.29, 0.717) is 23.1 Å². The van der Waals surface area contributed by atoms with Gasteiger partial charge in [0.15, 0.2) is 11.5 Å². The second kappa shape index (κ2) is 10.7. The number of fused-ring (bicyclic) bond motifs is 1. The second-order valence-electron chi connectivity index (χ2n) is 7.89. The maximum atomic E-state index is 14.0. The first-order chi connectivity index (χ1) is 17.2. The molecule has 11 heteroatoms. The summed E-state index contributed by atoms with van der Waals surface area (Å²) in [6.45, 7) is 0.518. The molecule has 4 rings (SSSR count). The highest BCUT2D eigenvalue weighted by Gasteiger charge is 2.29. The van der Waals surface area contributed by atoms with Gasteiger partial charge in [-0.2, -0.15) is 0 Å². The number of nitrogens with one attached hydrogen (secondary N) is 1. The maximum Gasteiger partial charge on any atom is 0.326 e. The normalized spacial score (nSPS) is 13.6. The number of carbonyl (C=O) groups is 2. The van der Waals surface area contributed by atoms with E-state index < -0.39 is 40.9 Å². The quantitative estimate of drug-likeness (QED) is 0.422. The Hall–Kier alpha value is -3.43. The molecule has 3 aromatic rings. The zero-order valence-corrected chi connectivity index (χ0v) is 19.9. The second-order valence-corrected chi connectivity index (χ2v) is 8.70. The van der Waals surface area contributed by atoms with Crippen LogP contribution in [0.4, 0.5) is 13.2 Å². The highest BCUT2D eigenvalue weighted by atomic mass is 35.5. The molecule has 0 aliphatic carbocycles. The van der Waals surface area contributed by atoms with Crippen LogP contribution in [0.15, 0.2) is 42.5 Å². The minimum Gasteiger partial charge on any atom is -0.489 e. The minimum absolute atomic E-state index is 0.0328. The average Bonchev–Trinajstić information content (AvgIpc) is 3.05. The molecule has 1 atom stereocenters. The molecule has 0 saturated heterocycles. The molecule has 188 valence electrons. The van der Waals surface area contributed by atoms with Crippen molar-refractivity contribution < 1.29 is 37.3 Å². The molecule has 0 spiro atoms. The van der Waals surface area contributed by atoms with Crippen molar-refractivity contribution in [3.8, 4) is 22.6 Å². The minimum atomic E-state index is -1.56. The summed E-state index contributed by atoms with van der Waals surface area (Å²) >= 11 is 12.5. The number of aliphatic carboxylic acids is 1. The van der Waals surface area contributed by atoms with Gasteiger partial charge in [0.05, 0.1) is 23.3 Å². The number of benzene rings is 3. The van der Waals surface area contributed by atoms with Crippen LogP contribution in [0.2, 0.25) is 10.0 Å². The molecule has 0 bridgehead atoms. The lowest BCUT2D eigenvalue weighted by atomic mass is 9.97. The summed E-state index contributed by atoms with van der Waals surface area (Å²) in [6.07, 6.45) is 0.220. The largest absolute Gasteiger partial charge is 0.489 e. The third kappa shape index (κ3) is 5.22. The molecule has 2 N–H and O–H groups in total. The Morgan fingerprint density at radius 1 is 0.972 bits per heavy atom. The van der Waals surface area contributed by atoms with E-state index in [2.05, 4.69) is 5.32 Å².